The Bertz CT molecular complexity index is 1220. The van der Waals surface area contributed by atoms with E-state index in [0.29, 0.717) is 46.3 Å². The van der Waals surface area contributed by atoms with Crippen LogP contribution in [0.1, 0.15) is 38.8 Å². The molecule has 4 rings (SSSR count). The van der Waals surface area contributed by atoms with Gasteiger partial charge in [-0.15, -0.1) is 0 Å². The van der Waals surface area contributed by atoms with Gasteiger partial charge in [0.1, 0.15) is 23.0 Å². The van der Waals surface area contributed by atoms with Crippen LogP contribution in [-0.4, -0.2) is 31.9 Å². The second kappa shape index (κ2) is 9.61. The molecule has 0 fully saturated rings. The molecule has 6 heteroatoms. The molecule has 0 aliphatic carbocycles. The Morgan fingerprint density at radius 1 is 0.970 bits per heavy atom. The SMILES string of the molecule is CCOc1ccccc1/C=C1\Oc2c(ccc(OCC(=O)c3ccc(OC)cc3)c2C)C1=O. The average molecular weight is 444 g/mol. The first-order valence-corrected chi connectivity index (χ1v) is 10.6. The van der Waals surface area contributed by atoms with E-state index in [4.69, 9.17) is 18.9 Å². The number of methoxy groups -OCH3 is 1. The van der Waals surface area contributed by atoms with Crippen molar-refractivity contribution in [3.8, 4) is 23.0 Å². The molecule has 3 aromatic carbocycles. The molecule has 0 amide bonds. The van der Waals surface area contributed by atoms with E-state index in [9.17, 15) is 9.59 Å². The highest BCUT2D eigenvalue weighted by atomic mass is 16.5. The Morgan fingerprint density at radius 3 is 2.45 bits per heavy atom. The van der Waals surface area contributed by atoms with Gasteiger partial charge in [0, 0.05) is 16.7 Å². The van der Waals surface area contributed by atoms with Crippen molar-refractivity contribution < 1.29 is 28.5 Å². The van der Waals surface area contributed by atoms with Crippen LogP contribution in [-0.2, 0) is 0 Å². The molecule has 0 saturated carbocycles. The number of rotatable bonds is 8. The minimum absolute atomic E-state index is 0.135. The zero-order valence-corrected chi connectivity index (χ0v) is 18.7. The lowest BCUT2D eigenvalue weighted by atomic mass is 10.1. The Labute approximate surface area is 192 Å². The minimum Gasteiger partial charge on any atom is -0.497 e. The molecular weight excluding hydrogens is 420 g/mol. The molecule has 1 aliphatic heterocycles. The van der Waals surface area contributed by atoms with Gasteiger partial charge < -0.3 is 18.9 Å². The van der Waals surface area contributed by atoms with Crippen LogP contribution in [0.3, 0.4) is 0 Å². The number of hydrogen-bond acceptors (Lipinski definition) is 6. The van der Waals surface area contributed by atoms with Crippen LogP contribution < -0.4 is 18.9 Å². The number of para-hydroxylation sites is 1. The van der Waals surface area contributed by atoms with Crippen molar-refractivity contribution in [2.24, 2.45) is 0 Å². The topological polar surface area (TPSA) is 71.1 Å². The maximum absolute atomic E-state index is 12.9. The summed E-state index contributed by atoms with van der Waals surface area (Å²) in [6.45, 7) is 4.09. The van der Waals surface area contributed by atoms with Crippen LogP contribution in [0.25, 0.3) is 6.08 Å². The first kappa shape index (κ1) is 22.1. The van der Waals surface area contributed by atoms with E-state index in [1.54, 1.807) is 56.5 Å². The lowest BCUT2D eigenvalue weighted by molar-refractivity contribution is 0.0920. The molecule has 0 aromatic heterocycles. The van der Waals surface area contributed by atoms with Crippen molar-refractivity contribution in [2.45, 2.75) is 13.8 Å². The summed E-state index contributed by atoms with van der Waals surface area (Å²) in [6.07, 6.45) is 1.68. The van der Waals surface area contributed by atoms with E-state index in [1.165, 1.54) is 0 Å². The fourth-order valence-corrected chi connectivity index (χ4v) is 3.56. The van der Waals surface area contributed by atoms with Crippen molar-refractivity contribution in [1.82, 2.24) is 0 Å². The van der Waals surface area contributed by atoms with E-state index in [0.717, 1.165) is 5.56 Å². The van der Waals surface area contributed by atoms with Gasteiger partial charge in [0.15, 0.2) is 18.1 Å². The quantitative estimate of drug-likeness (QED) is 0.348. The maximum Gasteiger partial charge on any atom is 0.231 e. The van der Waals surface area contributed by atoms with Gasteiger partial charge in [0.25, 0.3) is 0 Å². The first-order valence-electron chi connectivity index (χ1n) is 10.6. The molecule has 0 atom stereocenters. The third-order valence-electron chi connectivity index (χ3n) is 5.31. The highest BCUT2D eigenvalue weighted by Crippen LogP contribution is 2.39. The van der Waals surface area contributed by atoms with Gasteiger partial charge in [-0.25, -0.2) is 0 Å². The Morgan fingerprint density at radius 2 is 1.73 bits per heavy atom. The van der Waals surface area contributed by atoms with Crippen LogP contribution in [0.15, 0.2) is 66.4 Å². The van der Waals surface area contributed by atoms with Crippen molar-refractivity contribution in [3.05, 3.63) is 88.7 Å². The number of ketones is 2. The number of allylic oxidation sites excluding steroid dienone is 1. The van der Waals surface area contributed by atoms with Crippen LogP contribution >= 0.6 is 0 Å². The molecule has 33 heavy (non-hydrogen) atoms. The molecule has 0 N–H and O–H groups in total. The summed E-state index contributed by atoms with van der Waals surface area (Å²) < 4.78 is 22.4. The number of carbonyl (C=O) groups excluding carboxylic acids is 2. The molecule has 168 valence electrons. The Hall–Kier alpha value is -4.06. The molecule has 0 spiro atoms. The van der Waals surface area contributed by atoms with Gasteiger partial charge >= 0.3 is 0 Å². The number of Topliss-reactive ketones (excluding diaryl/α,β-unsaturated/α-hetero) is 2. The van der Waals surface area contributed by atoms with Gasteiger partial charge in [-0.1, -0.05) is 18.2 Å². The molecule has 0 unspecified atom stereocenters. The summed E-state index contributed by atoms with van der Waals surface area (Å²) in [7, 11) is 1.57. The fraction of sp³-hybridized carbons (Fsp3) is 0.185. The van der Waals surface area contributed by atoms with Crippen LogP contribution in [0.4, 0.5) is 0 Å². The predicted molar refractivity (Wildman–Crippen MR) is 125 cm³/mol. The monoisotopic (exact) mass is 444 g/mol. The second-order valence-corrected chi connectivity index (χ2v) is 7.42. The molecule has 6 nitrogen and oxygen atoms in total. The number of hydrogen-bond donors (Lipinski definition) is 0. The lowest BCUT2D eigenvalue weighted by Crippen LogP contribution is -2.12. The largest absolute Gasteiger partial charge is 0.497 e. The van der Waals surface area contributed by atoms with E-state index in [-0.39, 0.29) is 23.9 Å². The lowest BCUT2D eigenvalue weighted by Gasteiger charge is -2.11. The molecule has 0 bridgehead atoms. The number of carbonyl (C=O) groups is 2. The molecule has 0 saturated heterocycles. The molecular formula is C27H24O6. The molecule has 1 heterocycles. The van der Waals surface area contributed by atoms with Crippen LogP contribution in [0.5, 0.6) is 23.0 Å². The van der Waals surface area contributed by atoms with Gasteiger partial charge in [-0.05, 0) is 62.4 Å². The van der Waals surface area contributed by atoms with Gasteiger partial charge in [0.2, 0.25) is 5.78 Å². The van der Waals surface area contributed by atoms with E-state index < -0.39 is 0 Å². The van der Waals surface area contributed by atoms with Crippen molar-refractivity contribution in [3.63, 3.8) is 0 Å². The van der Waals surface area contributed by atoms with E-state index in [2.05, 4.69) is 0 Å². The normalized spacial score (nSPS) is 13.4. The molecule has 1 aliphatic rings. The Kier molecular flexibility index (Phi) is 6.45. The minimum atomic E-state index is -0.208. The fourth-order valence-electron chi connectivity index (χ4n) is 3.56. The zero-order chi connectivity index (χ0) is 23.4. The van der Waals surface area contributed by atoms with Gasteiger partial charge in [0.05, 0.1) is 19.3 Å². The highest BCUT2D eigenvalue weighted by Gasteiger charge is 2.30. The first-order chi connectivity index (χ1) is 16.0. The van der Waals surface area contributed by atoms with Crippen LogP contribution in [0.2, 0.25) is 0 Å². The van der Waals surface area contributed by atoms with E-state index in [1.807, 2.05) is 31.2 Å². The standard InChI is InChI=1S/C27H24O6/c1-4-31-24-8-6-5-7-19(24)15-25-26(29)21-13-14-23(17(2)27(21)33-25)32-16-22(28)18-9-11-20(30-3)12-10-18/h5-15H,4,16H2,1-3H3/b25-15-. The summed E-state index contributed by atoms with van der Waals surface area (Å²) in [5.74, 6) is 2.12. The number of fused-ring (bicyclic) bond motifs is 1. The zero-order valence-electron chi connectivity index (χ0n) is 18.7. The number of benzene rings is 3. The predicted octanol–water partition coefficient (Wildman–Crippen LogP) is 5.28. The summed E-state index contributed by atoms with van der Waals surface area (Å²) in [6, 6.07) is 17.6. The second-order valence-electron chi connectivity index (χ2n) is 7.42. The van der Waals surface area contributed by atoms with Crippen LogP contribution in [0, 0.1) is 6.92 Å². The third-order valence-corrected chi connectivity index (χ3v) is 5.31. The molecule has 3 aromatic rings. The number of ether oxygens (including phenoxy) is 4. The van der Waals surface area contributed by atoms with Crippen molar-refractivity contribution >= 4 is 17.6 Å². The summed E-state index contributed by atoms with van der Waals surface area (Å²) in [5.41, 5.74) is 2.40. The Balaban J connectivity index is 1.52. The molecule has 0 radical (unpaired) electrons. The van der Waals surface area contributed by atoms with Gasteiger partial charge in [-0.2, -0.15) is 0 Å². The summed E-state index contributed by atoms with van der Waals surface area (Å²) >= 11 is 0. The average Bonchev–Trinajstić information content (AvgIpc) is 3.16. The maximum atomic E-state index is 12.9. The van der Waals surface area contributed by atoms with Gasteiger partial charge in [-0.3, -0.25) is 9.59 Å². The van der Waals surface area contributed by atoms with Crippen molar-refractivity contribution in [1.29, 1.82) is 0 Å². The summed E-state index contributed by atoms with van der Waals surface area (Å²) in [4.78, 5) is 25.4. The third kappa shape index (κ3) is 4.60. The van der Waals surface area contributed by atoms with Crippen molar-refractivity contribution in [2.75, 3.05) is 20.3 Å². The highest BCUT2D eigenvalue weighted by molar-refractivity contribution is 6.15. The summed E-state index contributed by atoms with van der Waals surface area (Å²) in [5, 5.41) is 0. The smallest absolute Gasteiger partial charge is 0.231 e. The van der Waals surface area contributed by atoms with E-state index >= 15 is 0 Å².